The van der Waals surface area contributed by atoms with Gasteiger partial charge in [0.25, 0.3) is 0 Å². The van der Waals surface area contributed by atoms with E-state index in [-0.39, 0.29) is 4.90 Å². The van der Waals surface area contributed by atoms with Gasteiger partial charge in [0.1, 0.15) is 0 Å². The Hall–Kier alpha value is -0.630. The van der Waals surface area contributed by atoms with Crippen LogP contribution in [-0.4, -0.2) is 28.2 Å². The molecule has 0 amide bonds. The van der Waals surface area contributed by atoms with Gasteiger partial charge < -0.3 is 10.1 Å². The van der Waals surface area contributed by atoms with E-state index in [1.807, 2.05) is 0 Å². The monoisotopic (exact) mass is 334 g/mol. The minimum atomic E-state index is -3.65. The molecule has 100 valence electrons. The van der Waals surface area contributed by atoms with Crippen molar-refractivity contribution in [2.24, 2.45) is 11.1 Å². The lowest BCUT2D eigenvalue weighted by Gasteiger charge is -2.12. The van der Waals surface area contributed by atoms with Crippen LogP contribution >= 0.6 is 15.9 Å². The fraction of sp³-hybridized carbons (Fsp3) is 0.455. The molecule has 18 heavy (non-hydrogen) atoms. The second kappa shape index (κ2) is 5.56. The van der Waals surface area contributed by atoms with Crippen LogP contribution in [-0.2, 0) is 14.8 Å². The first-order valence-corrected chi connectivity index (χ1v) is 7.95. The molecule has 0 aromatic heterocycles. The van der Waals surface area contributed by atoms with Crippen LogP contribution in [0.3, 0.4) is 0 Å². The molecule has 1 aromatic carbocycles. The standard InChI is InChI=1S/C11H15BrN2O3S/c12-10-5-9(18(13,15)16)1-2-11(10)14-6-8-3-4-17-7-8/h1-2,5,8,14H,3-4,6-7H2,(H2,13,15,16). The van der Waals surface area contributed by atoms with Gasteiger partial charge in [0.05, 0.1) is 11.5 Å². The minimum Gasteiger partial charge on any atom is -0.384 e. The molecule has 1 unspecified atom stereocenters. The van der Waals surface area contributed by atoms with Crippen LogP contribution in [0, 0.1) is 5.92 Å². The quantitative estimate of drug-likeness (QED) is 0.875. The second-order valence-electron chi connectivity index (χ2n) is 4.30. The smallest absolute Gasteiger partial charge is 0.238 e. The van der Waals surface area contributed by atoms with Crippen LogP contribution in [0.25, 0.3) is 0 Å². The first kappa shape index (κ1) is 13.8. The van der Waals surface area contributed by atoms with Crippen LogP contribution in [0.2, 0.25) is 0 Å². The molecule has 1 aromatic rings. The number of nitrogens with two attached hydrogens (primary N) is 1. The molecule has 0 aliphatic carbocycles. The minimum absolute atomic E-state index is 0.101. The summed E-state index contributed by atoms with van der Waals surface area (Å²) < 4.78 is 28.3. The average Bonchev–Trinajstić information content (AvgIpc) is 2.79. The van der Waals surface area contributed by atoms with E-state index in [9.17, 15) is 8.42 Å². The summed E-state index contributed by atoms with van der Waals surface area (Å²) in [6, 6.07) is 4.70. The van der Waals surface area contributed by atoms with Crippen molar-refractivity contribution in [3.05, 3.63) is 22.7 Å². The zero-order valence-corrected chi connectivity index (χ0v) is 12.1. The van der Waals surface area contributed by atoms with Gasteiger partial charge in [-0.15, -0.1) is 0 Å². The molecule has 1 atom stereocenters. The Kier molecular flexibility index (Phi) is 4.26. The molecule has 1 aliphatic rings. The fourth-order valence-corrected chi connectivity index (χ4v) is 3.03. The Morgan fingerprint density at radius 3 is 2.83 bits per heavy atom. The maximum Gasteiger partial charge on any atom is 0.238 e. The highest BCUT2D eigenvalue weighted by molar-refractivity contribution is 9.10. The van der Waals surface area contributed by atoms with E-state index in [2.05, 4.69) is 21.2 Å². The molecule has 1 fully saturated rings. The number of hydrogen-bond acceptors (Lipinski definition) is 4. The highest BCUT2D eigenvalue weighted by Crippen LogP contribution is 2.26. The number of ether oxygens (including phenoxy) is 1. The van der Waals surface area contributed by atoms with Crippen molar-refractivity contribution < 1.29 is 13.2 Å². The van der Waals surface area contributed by atoms with Gasteiger partial charge in [-0.3, -0.25) is 0 Å². The highest BCUT2D eigenvalue weighted by Gasteiger charge is 2.16. The van der Waals surface area contributed by atoms with E-state index in [0.29, 0.717) is 10.4 Å². The molecule has 3 N–H and O–H groups in total. The lowest BCUT2D eigenvalue weighted by Crippen LogP contribution is -2.15. The summed E-state index contributed by atoms with van der Waals surface area (Å²) in [5.74, 6) is 0.509. The molecule has 7 heteroatoms. The molecule has 5 nitrogen and oxygen atoms in total. The Balaban J connectivity index is 2.05. The number of rotatable bonds is 4. The van der Waals surface area contributed by atoms with Crippen LogP contribution in [0.1, 0.15) is 6.42 Å². The van der Waals surface area contributed by atoms with Gasteiger partial charge in [0.15, 0.2) is 0 Å². The maximum absolute atomic E-state index is 11.2. The van der Waals surface area contributed by atoms with Crippen molar-refractivity contribution in [3.8, 4) is 0 Å². The SMILES string of the molecule is NS(=O)(=O)c1ccc(NCC2CCOC2)c(Br)c1. The Morgan fingerprint density at radius 1 is 1.50 bits per heavy atom. The number of primary sulfonamides is 1. The van der Waals surface area contributed by atoms with E-state index in [1.165, 1.54) is 12.1 Å². The summed E-state index contributed by atoms with van der Waals surface area (Å²) in [6.45, 7) is 2.41. The number of anilines is 1. The first-order chi connectivity index (χ1) is 8.47. The Labute approximate surface area is 115 Å². The van der Waals surface area contributed by atoms with Gasteiger partial charge >= 0.3 is 0 Å². The van der Waals surface area contributed by atoms with Gasteiger partial charge in [-0.05, 0) is 40.5 Å². The summed E-state index contributed by atoms with van der Waals surface area (Å²) in [4.78, 5) is 0.101. The van der Waals surface area contributed by atoms with Gasteiger partial charge in [-0.1, -0.05) is 0 Å². The van der Waals surface area contributed by atoms with Crippen LogP contribution in [0.15, 0.2) is 27.6 Å². The maximum atomic E-state index is 11.2. The third-order valence-electron chi connectivity index (χ3n) is 2.87. The van der Waals surface area contributed by atoms with E-state index in [0.717, 1.165) is 31.9 Å². The van der Waals surface area contributed by atoms with Crippen molar-refractivity contribution in [1.82, 2.24) is 0 Å². The highest BCUT2D eigenvalue weighted by atomic mass is 79.9. The third-order valence-corrected chi connectivity index (χ3v) is 4.44. The molecule has 0 saturated carbocycles. The predicted molar refractivity (Wildman–Crippen MR) is 72.9 cm³/mol. The van der Waals surface area contributed by atoms with Crippen molar-refractivity contribution in [1.29, 1.82) is 0 Å². The number of benzene rings is 1. The summed E-state index contributed by atoms with van der Waals surface area (Å²) in [5, 5.41) is 8.33. The predicted octanol–water partition coefficient (Wildman–Crippen LogP) is 1.54. The van der Waals surface area contributed by atoms with E-state index >= 15 is 0 Å². The lowest BCUT2D eigenvalue weighted by atomic mass is 10.1. The van der Waals surface area contributed by atoms with Gasteiger partial charge in [0, 0.05) is 29.2 Å². The second-order valence-corrected chi connectivity index (χ2v) is 6.71. The molecule has 0 bridgehead atoms. The molecule has 1 aliphatic heterocycles. The molecule has 1 saturated heterocycles. The molecular formula is C11H15BrN2O3S. The van der Waals surface area contributed by atoms with Gasteiger partial charge in [0.2, 0.25) is 10.0 Å². The molecule has 1 heterocycles. The van der Waals surface area contributed by atoms with Crippen molar-refractivity contribution in [3.63, 3.8) is 0 Å². The van der Waals surface area contributed by atoms with Crippen molar-refractivity contribution in [2.75, 3.05) is 25.1 Å². The largest absolute Gasteiger partial charge is 0.384 e. The summed E-state index contributed by atoms with van der Waals surface area (Å²) in [7, 11) is -3.65. The number of nitrogens with one attached hydrogen (secondary N) is 1. The van der Waals surface area contributed by atoms with E-state index in [4.69, 9.17) is 9.88 Å². The Bertz CT molecular complexity index is 527. The summed E-state index contributed by atoms with van der Waals surface area (Å²) in [6.07, 6.45) is 1.06. The molecule has 0 radical (unpaired) electrons. The van der Waals surface area contributed by atoms with Gasteiger partial charge in [-0.2, -0.15) is 0 Å². The van der Waals surface area contributed by atoms with Crippen LogP contribution < -0.4 is 10.5 Å². The third kappa shape index (κ3) is 3.44. The van der Waals surface area contributed by atoms with Crippen molar-refractivity contribution >= 4 is 31.6 Å². The van der Waals surface area contributed by atoms with Crippen molar-refractivity contribution in [2.45, 2.75) is 11.3 Å². The van der Waals surface area contributed by atoms with Crippen LogP contribution in [0.5, 0.6) is 0 Å². The Morgan fingerprint density at radius 2 is 2.28 bits per heavy atom. The zero-order valence-electron chi connectivity index (χ0n) is 9.73. The van der Waals surface area contributed by atoms with Crippen LogP contribution in [0.4, 0.5) is 5.69 Å². The zero-order chi connectivity index (χ0) is 13.2. The summed E-state index contributed by atoms with van der Waals surface area (Å²) in [5.41, 5.74) is 0.856. The molecule has 0 spiro atoms. The average molecular weight is 335 g/mol. The molecular weight excluding hydrogens is 320 g/mol. The van der Waals surface area contributed by atoms with E-state index < -0.39 is 10.0 Å². The number of halogens is 1. The topological polar surface area (TPSA) is 81.4 Å². The number of hydrogen-bond donors (Lipinski definition) is 2. The molecule has 2 rings (SSSR count). The lowest BCUT2D eigenvalue weighted by molar-refractivity contribution is 0.187. The van der Waals surface area contributed by atoms with E-state index in [1.54, 1.807) is 6.07 Å². The normalized spacial score (nSPS) is 20.0. The fourth-order valence-electron chi connectivity index (χ4n) is 1.81. The summed E-state index contributed by atoms with van der Waals surface area (Å²) >= 11 is 3.34. The van der Waals surface area contributed by atoms with Gasteiger partial charge in [-0.25, -0.2) is 13.6 Å². The number of sulfonamides is 1. The first-order valence-electron chi connectivity index (χ1n) is 5.61.